The molecule has 7 nitrogen and oxygen atoms in total. The van der Waals surface area contributed by atoms with E-state index in [0.29, 0.717) is 5.69 Å². The Bertz CT molecular complexity index is 742. The van der Waals surface area contributed by atoms with Gasteiger partial charge in [-0.1, -0.05) is 6.07 Å². The quantitative estimate of drug-likeness (QED) is 0.591. The van der Waals surface area contributed by atoms with Crippen molar-refractivity contribution in [3.63, 3.8) is 0 Å². The lowest BCUT2D eigenvalue weighted by Gasteiger charge is -2.32. The van der Waals surface area contributed by atoms with Crippen LogP contribution in [0.2, 0.25) is 0 Å². The van der Waals surface area contributed by atoms with Gasteiger partial charge >= 0.3 is 6.03 Å². The molecule has 1 aliphatic rings. The van der Waals surface area contributed by atoms with E-state index in [1.807, 2.05) is 13.0 Å². The van der Waals surface area contributed by atoms with E-state index in [-0.39, 0.29) is 23.8 Å². The highest BCUT2D eigenvalue weighted by molar-refractivity contribution is 7.10. The first kappa shape index (κ1) is 18.3. The summed E-state index contributed by atoms with van der Waals surface area (Å²) in [5.74, 6) is 0. The summed E-state index contributed by atoms with van der Waals surface area (Å²) in [7, 11) is 0. The van der Waals surface area contributed by atoms with E-state index in [2.05, 4.69) is 27.0 Å². The van der Waals surface area contributed by atoms with Crippen molar-refractivity contribution in [3.8, 4) is 0 Å². The summed E-state index contributed by atoms with van der Waals surface area (Å²) in [5, 5.41) is 18.5. The Morgan fingerprint density at radius 3 is 2.50 bits per heavy atom. The van der Waals surface area contributed by atoms with E-state index in [4.69, 9.17) is 0 Å². The number of nitrogens with zero attached hydrogens (tertiary/aromatic N) is 2. The molecule has 2 amide bonds. The monoisotopic (exact) mass is 374 g/mol. The summed E-state index contributed by atoms with van der Waals surface area (Å²) in [5.41, 5.74) is 0.519. The first-order valence-corrected chi connectivity index (χ1v) is 9.52. The molecule has 1 aromatic carbocycles. The molecule has 0 unspecified atom stereocenters. The molecule has 138 valence electrons. The number of non-ortho nitro benzene ring substituents is 1. The Kier molecular flexibility index (Phi) is 5.85. The molecule has 0 bridgehead atoms. The van der Waals surface area contributed by atoms with Gasteiger partial charge in [-0.25, -0.2) is 4.79 Å². The molecule has 8 heteroatoms. The minimum Gasteiger partial charge on any atom is -0.333 e. The number of thiophene rings is 1. The van der Waals surface area contributed by atoms with E-state index >= 15 is 0 Å². The van der Waals surface area contributed by atoms with E-state index in [1.165, 1.54) is 42.0 Å². The van der Waals surface area contributed by atoms with Crippen molar-refractivity contribution < 1.29 is 9.72 Å². The molecule has 1 saturated heterocycles. The smallest absolute Gasteiger partial charge is 0.319 e. The number of urea groups is 1. The Hall–Kier alpha value is -2.45. The highest BCUT2D eigenvalue weighted by atomic mass is 32.1. The van der Waals surface area contributed by atoms with Crippen LogP contribution < -0.4 is 10.6 Å². The molecule has 2 atom stereocenters. The summed E-state index contributed by atoms with van der Waals surface area (Å²) in [6.45, 7) is 4.09. The molecule has 2 aromatic rings. The number of carbonyl (C=O) groups is 1. The van der Waals surface area contributed by atoms with Crippen LogP contribution in [0.3, 0.4) is 0 Å². The molecule has 1 fully saturated rings. The number of nitro groups is 1. The normalized spacial score (nSPS) is 16.8. The third-order valence-corrected chi connectivity index (χ3v) is 5.48. The van der Waals surface area contributed by atoms with E-state index in [1.54, 1.807) is 11.3 Å². The fourth-order valence-electron chi connectivity index (χ4n) is 3.34. The Morgan fingerprint density at radius 1 is 1.23 bits per heavy atom. The van der Waals surface area contributed by atoms with E-state index in [9.17, 15) is 14.9 Å². The zero-order valence-electron chi connectivity index (χ0n) is 14.6. The number of nitrogens with one attached hydrogen (secondary N) is 2. The van der Waals surface area contributed by atoms with Crippen molar-refractivity contribution >= 4 is 28.7 Å². The number of hydrogen-bond donors (Lipinski definition) is 2. The van der Waals surface area contributed by atoms with Crippen LogP contribution in [-0.4, -0.2) is 35.0 Å². The number of likely N-dealkylation sites (tertiary alicyclic amines) is 1. The Morgan fingerprint density at radius 2 is 1.92 bits per heavy atom. The van der Waals surface area contributed by atoms with Crippen molar-refractivity contribution in [1.29, 1.82) is 0 Å². The molecule has 2 N–H and O–H groups in total. The van der Waals surface area contributed by atoms with Crippen LogP contribution in [0.1, 0.15) is 30.7 Å². The summed E-state index contributed by atoms with van der Waals surface area (Å²) < 4.78 is 0. The second-order valence-electron chi connectivity index (χ2n) is 6.39. The molecule has 26 heavy (non-hydrogen) atoms. The van der Waals surface area contributed by atoms with Crippen LogP contribution >= 0.6 is 11.3 Å². The van der Waals surface area contributed by atoms with Gasteiger partial charge in [0.25, 0.3) is 5.69 Å². The van der Waals surface area contributed by atoms with Crippen LogP contribution in [0.15, 0.2) is 41.8 Å². The minimum absolute atomic E-state index is 0.00359. The fraction of sp³-hybridized carbons (Fsp3) is 0.389. The van der Waals surface area contributed by atoms with Crippen LogP contribution in [-0.2, 0) is 0 Å². The zero-order chi connectivity index (χ0) is 18.5. The van der Waals surface area contributed by atoms with Crippen LogP contribution in [0, 0.1) is 10.1 Å². The van der Waals surface area contributed by atoms with Crippen molar-refractivity contribution in [2.45, 2.75) is 31.8 Å². The number of anilines is 1. The Labute approximate surface area is 156 Å². The number of amides is 2. The third kappa shape index (κ3) is 4.39. The maximum absolute atomic E-state index is 12.4. The van der Waals surface area contributed by atoms with Crippen molar-refractivity contribution in [2.24, 2.45) is 0 Å². The van der Waals surface area contributed by atoms with Crippen LogP contribution in [0.25, 0.3) is 0 Å². The first-order valence-electron chi connectivity index (χ1n) is 8.64. The van der Waals surface area contributed by atoms with E-state index in [0.717, 1.165) is 13.1 Å². The standard InChI is InChI=1S/C18H22N4O3S/c1-13(17(16-5-4-12-26-16)21-10-2-3-11-21)19-18(23)20-14-6-8-15(9-7-14)22(24)25/h4-9,12-13,17H,2-3,10-11H2,1H3,(H2,19,20,23)/t13-,17+/m0/s1. The van der Waals surface area contributed by atoms with Crippen molar-refractivity contribution in [3.05, 3.63) is 56.8 Å². The van der Waals surface area contributed by atoms with Gasteiger partial charge in [-0.2, -0.15) is 0 Å². The molecular formula is C18H22N4O3S. The van der Waals surface area contributed by atoms with Crippen LogP contribution in [0.4, 0.5) is 16.2 Å². The van der Waals surface area contributed by atoms with E-state index < -0.39 is 4.92 Å². The number of nitro benzene ring substituents is 1. The van der Waals surface area contributed by atoms with Gasteiger partial charge in [0.05, 0.1) is 11.0 Å². The SMILES string of the molecule is C[C@H](NC(=O)Nc1ccc([N+](=O)[O-])cc1)[C@H](c1cccs1)N1CCCC1. The maximum atomic E-state index is 12.4. The average molecular weight is 374 g/mol. The van der Waals surface area contributed by atoms with Gasteiger partial charge in [-0.15, -0.1) is 11.3 Å². The molecule has 2 heterocycles. The lowest BCUT2D eigenvalue weighted by molar-refractivity contribution is -0.384. The second kappa shape index (κ2) is 8.29. The molecule has 3 rings (SSSR count). The molecule has 0 radical (unpaired) electrons. The topological polar surface area (TPSA) is 87.5 Å². The predicted octanol–water partition coefficient (Wildman–Crippen LogP) is 4.00. The van der Waals surface area contributed by atoms with Gasteiger partial charge in [0.1, 0.15) is 0 Å². The molecule has 1 aromatic heterocycles. The molecule has 0 aliphatic carbocycles. The summed E-state index contributed by atoms with van der Waals surface area (Å²) in [6.07, 6.45) is 2.37. The molecule has 0 spiro atoms. The number of hydrogen-bond acceptors (Lipinski definition) is 5. The fourth-order valence-corrected chi connectivity index (χ4v) is 4.31. The first-order chi connectivity index (χ1) is 12.5. The minimum atomic E-state index is -0.465. The van der Waals surface area contributed by atoms with Crippen molar-refractivity contribution in [2.75, 3.05) is 18.4 Å². The van der Waals surface area contributed by atoms with Gasteiger partial charge in [0.15, 0.2) is 0 Å². The van der Waals surface area contributed by atoms with Crippen LogP contribution in [0.5, 0.6) is 0 Å². The van der Waals surface area contributed by atoms with Gasteiger partial charge < -0.3 is 10.6 Å². The maximum Gasteiger partial charge on any atom is 0.319 e. The molecule has 1 aliphatic heterocycles. The second-order valence-corrected chi connectivity index (χ2v) is 7.37. The van der Waals surface area contributed by atoms with Gasteiger partial charge in [-0.05, 0) is 56.4 Å². The largest absolute Gasteiger partial charge is 0.333 e. The molecule has 0 saturated carbocycles. The zero-order valence-corrected chi connectivity index (χ0v) is 15.4. The lowest BCUT2D eigenvalue weighted by Crippen LogP contribution is -2.45. The predicted molar refractivity (Wildman–Crippen MR) is 103 cm³/mol. The Balaban J connectivity index is 1.63. The average Bonchev–Trinajstić information content (AvgIpc) is 3.30. The highest BCUT2D eigenvalue weighted by Gasteiger charge is 2.30. The summed E-state index contributed by atoms with van der Waals surface area (Å²) >= 11 is 1.70. The number of carbonyl (C=O) groups excluding carboxylic acids is 1. The van der Waals surface area contributed by atoms with Crippen molar-refractivity contribution in [1.82, 2.24) is 10.2 Å². The highest BCUT2D eigenvalue weighted by Crippen LogP contribution is 2.31. The lowest BCUT2D eigenvalue weighted by atomic mass is 10.1. The van der Waals surface area contributed by atoms with Gasteiger partial charge in [0, 0.05) is 28.7 Å². The number of benzene rings is 1. The summed E-state index contributed by atoms with van der Waals surface area (Å²) in [6, 6.07) is 9.72. The summed E-state index contributed by atoms with van der Waals surface area (Å²) in [4.78, 5) is 26.3. The third-order valence-electron chi connectivity index (χ3n) is 4.54. The van der Waals surface area contributed by atoms with Gasteiger partial charge in [0.2, 0.25) is 0 Å². The van der Waals surface area contributed by atoms with Gasteiger partial charge in [-0.3, -0.25) is 15.0 Å². The molecular weight excluding hydrogens is 352 g/mol. The number of rotatable bonds is 6.